The number of aromatic nitrogens is 3. The zero-order valence-electron chi connectivity index (χ0n) is 17.3. The van der Waals surface area contributed by atoms with Crippen molar-refractivity contribution in [1.29, 1.82) is 0 Å². The Hall–Kier alpha value is -3.00. The van der Waals surface area contributed by atoms with Crippen molar-refractivity contribution in [2.24, 2.45) is 0 Å². The van der Waals surface area contributed by atoms with Gasteiger partial charge < -0.3 is 19.1 Å². The van der Waals surface area contributed by atoms with Crippen LogP contribution in [-0.4, -0.2) is 45.2 Å². The third-order valence-electron chi connectivity index (χ3n) is 5.57. The lowest BCUT2D eigenvalue weighted by Gasteiger charge is -2.25. The quantitative estimate of drug-likeness (QED) is 0.643. The molecular weight excluding hydrogens is 384 g/mol. The van der Waals surface area contributed by atoms with Gasteiger partial charge in [-0.3, -0.25) is 9.59 Å². The summed E-state index contributed by atoms with van der Waals surface area (Å²) in [6.07, 6.45) is 2.82. The number of nitrogens with zero attached hydrogens (tertiary/aromatic N) is 3. The van der Waals surface area contributed by atoms with Gasteiger partial charge >= 0.3 is 0 Å². The highest BCUT2D eigenvalue weighted by molar-refractivity contribution is 5.78. The Bertz CT molecular complexity index is 1080. The van der Waals surface area contributed by atoms with E-state index >= 15 is 0 Å². The van der Waals surface area contributed by atoms with E-state index in [0.717, 1.165) is 36.5 Å². The topological polar surface area (TPSA) is 101 Å². The largest absolute Gasteiger partial charge is 0.376 e. The summed E-state index contributed by atoms with van der Waals surface area (Å²) in [5, 5.41) is 4.50. The fourth-order valence-electron chi connectivity index (χ4n) is 3.93. The number of fused-ring (bicyclic) bond motifs is 1. The van der Waals surface area contributed by atoms with E-state index in [2.05, 4.69) is 15.1 Å². The number of nitrogens with one attached hydrogen (secondary N) is 1. The molecule has 1 fully saturated rings. The Balaban J connectivity index is 1.53. The van der Waals surface area contributed by atoms with Gasteiger partial charge in [-0.25, -0.2) is 4.98 Å². The minimum Gasteiger partial charge on any atom is -0.376 e. The Labute approximate surface area is 174 Å². The summed E-state index contributed by atoms with van der Waals surface area (Å²) in [6.45, 7) is 5.17. The maximum atomic E-state index is 13.1. The molecule has 158 valence electrons. The predicted molar refractivity (Wildman–Crippen MR) is 111 cm³/mol. The van der Waals surface area contributed by atoms with Crippen LogP contribution in [0.4, 0.5) is 0 Å². The van der Waals surface area contributed by atoms with E-state index in [-0.39, 0.29) is 24.1 Å². The van der Waals surface area contributed by atoms with Gasteiger partial charge in [-0.2, -0.15) is 0 Å². The number of aryl methyl sites for hydroxylation is 2. The van der Waals surface area contributed by atoms with Gasteiger partial charge in [-0.05, 0) is 45.2 Å². The molecule has 1 amide bonds. The van der Waals surface area contributed by atoms with Crippen LogP contribution in [0, 0.1) is 13.8 Å². The molecule has 30 heavy (non-hydrogen) atoms. The van der Waals surface area contributed by atoms with Crippen LogP contribution in [0.25, 0.3) is 10.9 Å². The Morgan fingerprint density at radius 1 is 1.30 bits per heavy atom. The lowest BCUT2D eigenvalue weighted by atomic mass is 10.1. The summed E-state index contributed by atoms with van der Waals surface area (Å²) < 4.78 is 10.9. The van der Waals surface area contributed by atoms with E-state index in [0.29, 0.717) is 36.1 Å². The first kappa shape index (κ1) is 20.3. The van der Waals surface area contributed by atoms with Crippen LogP contribution in [0.3, 0.4) is 0 Å². The summed E-state index contributed by atoms with van der Waals surface area (Å²) in [7, 11) is 0. The number of hydrogen-bond acceptors (Lipinski definition) is 6. The van der Waals surface area contributed by atoms with E-state index in [4.69, 9.17) is 9.26 Å². The van der Waals surface area contributed by atoms with Gasteiger partial charge in [-0.15, -0.1) is 0 Å². The smallest absolute Gasteiger partial charge is 0.258 e. The average molecular weight is 410 g/mol. The van der Waals surface area contributed by atoms with Crippen LogP contribution in [-0.2, 0) is 22.5 Å². The lowest BCUT2D eigenvalue weighted by molar-refractivity contribution is -0.133. The van der Waals surface area contributed by atoms with Crippen molar-refractivity contribution < 1.29 is 14.1 Å². The predicted octanol–water partition coefficient (Wildman–Crippen LogP) is 2.67. The lowest BCUT2D eigenvalue weighted by Crippen LogP contribution is -2.38. The summed E-state index contributed by atoms with van der Waals surface area (Å²) in [4.78, 5) is 34.6. The van der Waals surface area contributed by atoms with Crippen LogP contribution in [0.2, 0.25) is 0 Å². The number of para-hydroxylation sites is 1. The molecule has 3 heterocycles. The highest BCUT2D eigenvalue weighted by atomic mass is 16.5. The number of aromatic amines is 1. The molecule has 4 rings (SSSR count). The van der Waals surface area contributed by atoms with Crippen molar-refractivity contribution in [3.63, 3.8) is 0 Å². The molecule has 1 N–H and O–H groups in total. The number of hydrogen-bond donors (Lipinski definition) is 1. The fraction of sp³-hybridized carbons (Fsp3) is 0.455. The zero-order chi connectivity index (χ0) is 21.1. The molecule has 1 saturated heterocycles. The third-order valence-corrected chi connectivity index (χ3v) is 5.57. The summed E-state index contributed by atoms with van der Waals surface area (Å²) in [5.74, 6) is 1.20. The van der Waals surface area contributed by atoms with Gasteiger partial charge in [0.15, 0.2) is 0 Å². The maximum Gasteiger partial charge on any atom is 0.258 e. The second-order valence-corrected chi connectivity index (χ2v) is 7.74. The second-order valence-electron chi connectivity index (χ2n) is 7.74. The van der Waals surface area contributed by atoms with Gasteiger partial charge in [0.25, 0.3) is 5.56 Å². The normalized spacial score (nSPS) is 16.3. The molecule has 3 aromatic rings. The number of carbonyl (C=O) groups excluding carboxylic acids is 1. The maximum absolute atomic E-state index is 13.1. The average Bonchev–Trinajstić information content (AvgIpc) is 3.35. The highest BCUT2D eigenvalue weighted by Crippen LogP contribution is 2.18. The van der Waals surface area contributed by atoms with Gasteiger partial charge in [0, 0.05) is 25.1 Å². The van der Waals surface area contributed by atoms with Crippen molar-refractivity contribution >= 4 is 16.8 Å². The van der Waals surface area contributed by atoms with Crippen molar-refractivity contribution in [3.05, 3.63) is 57.5 Å². The molecule has 1 aliphatic rings. The minimum atomic E-state index is -0.198. The molecule has 2 aromatic heterocycles. The third kappa shape index (κ3) is 4.43. The number of benzene rings is 1. The molecule has 1 aromatic carbocycles. The molecule has 1 atom stereocenters. The summed E-state index contributed by atoms with van der Waals surface area (Å²) in [5.41, 5.74) is 2.21. The van der Waals surface area contributed by atoms with E-state index in [1.165, 1.54) is 0 Å². The number of rotatable bonds is 7. The molecule has 0 bridgehead atoms. The van der Waals surface area contributed by atoms with Crippen LogP contribution < -0.4 is 5.56 Å². The van der Waals surface area contributed by atoms with Crippen molar-refractivity contribution in [2.45, 2.75) is 52.2 Å². The molecular formula is C22H26N4O4. The monoisotopic (exact) mass is 410 g/mol. The van der Waals surface area contributed by atoms with E-state index in [1.807, 2.05) is 19.9 Å². The van der Waals surface area contributed by atoms with Crippen molar-refractivity contribution in [2.75, 3.05) is 13.2 Å². The van der Waals surface area contributed by atoms with Crippen LogP contribution in [0.15, 0.2) is 33.6 Å². The number of ether oxygens (including phenoxy) is 1. The SMILES string of the molecule is Cc1noc(C)c1CCC(=O)N(Cc1nc2ccccc2c(=O)[nH]1)C[C@H]1CCCO1. The van der Waals surface area contributed by atoms with Gasteiger partial charge in [-0.1, -0.05) is 17.3 Å². The standard InChI is InChI=1S/C22H26N4O4/c1-14-17(15(2)30-25-14)9-10-21(27)26(12-16-6-5-11-29-16)13-20-23-19-8-4-3-7-18(19)22(28)24-20/h3-4,7-8,16H,5-6,9-13H2,1-2H3,(H,23,24,28)/t16-/m1/s1. The first-order chi connectivity index (χ1) is 14.5. The van der Waals surface area contributed by atoms with Crippen molar-refractivity contribution in [1.82, 2.24) is 20.0 Å². The summed E-state index contributed by atoms with van der Waals surface area (Å²) in [6, 6.07) is 7.19. The molecule has 0 aliphatic carbocycles. The number of amides is 1. The van der Waals surface area contributed by atoms with E-state index in [1.54, 1.807) is 23.1 Å². The summed E-state index contributed by atoms with van der Waals surface area (Å²) >= 11 is 0. The van der Waals surface area contributed by atoms with Gasteiger partial charge in [0.05, 0.1) is 29.2 Å². The minimum absolute atomic E-state index is 0.0127. The van der Waals surface area contributed by atoms with E-state index < -0.39 is 0 Å². The molecule has 0 saturated carbocycles. The van der Waals surface area contributed by atoms with Crippen molar-refractivity contribution in [3.8, 4) is 0 Å². The number of carbonyl (C=O) groups is 1. The molecule has 8 nitrogen and oxygen atoms in total. The Morgan fingerprint density at radius 2 is 2.13 bits per heavy atom. The molecule has 0 unspecified atom stereocenters. The molecule has 0 radical (unpaired) electrons. The first-order valence-corrected chi connectivity index (χ1v) is 10.3. The number of H-pyrrole nitrogens is 1. The van der Waals surface area contributed by atoms with Gasteiger partial charge in [0.2, 0.25) is 5.91 Å². The molecule has 8 heteroatoms. The Morgan fingerprint density at radius 3 is 2.87 bits per heavy atom. The second kappa shape index (κ2) is 8.79. The highest BCUT2D eigenvalue weighted by Gasteiger charge is 2.24. The Kier molecular flexibility index (Phi) is 5.94. The van der Waals surface area contributed by atoms with E-state index in [9.17, 15) is 9.59 Å². The fourth-order valence-corrected chi connectivity index (χ4v) is 3.93. The first-order valence-electron chi connectivity index (χ1n) is 10.3. The zero-order valence-corrected chi connectivity index (χ0v) is 17.3. The van der Waals surface area contributed by atoms with Crippen LogP contribution in [0.1, 0.15) is 42.1 Å². The molecule has 1 aliphatic heterocycles. The van der Waals surface area contributed by atoms with Crippen LogP contribution in [0.5, 0.6) is 0 Å². The van der Waals surface area contributed by atoms with Crippen LogP contribution >= 0.6 is 0 Å². The molecule has 0 spiro atoms. The van der Waals surface area contributed by atoms with Gasteiger partial charge in [0.1, 0.15) is 11.6 Å².